The van der Waals surface area contributed by atoms with Crippen molar-refractivity contribution in [2.24, 2.45) is 5.92 Å². The van der Waals surface area contributed by atoms with E-state index in [4.69, 9.17) is 4.74 Å². The molecule has 1 aromatic heterocycles. The molecule has 0 unspecified atom stereocenters. The fourth-order valence-corrected chi connectivity index (χ4v) is 2.15. The molecule has 1 rings (SSSR count). The molecular weight excluding hydrogens is 318 g/mol. The summed E-state index contributed by atoms with van der Waals surface area (Å²) in [6.07, 6.45) is 4.00. The monoisotopic (exact) mass is 349 g/mol. The lowest BCUT2D eigenvalue weighted by Gasteiger charge is -2.35. The maximum Gasteiger partial charge on any atom is 0.407 e. The molecule has 1 atom stereocenters. The van der Waals surface area contributed by atoms with Gasteiger partial charge in [-0.25, -0.2) is 4.79 Å². The number of pyridine rings is 1. The van der Waals surface area contributed by atoms with Crippen molar-refractivity contribution >= 4 is 12.0 Å². The van der Waals surface area contributed by atoms with E-state index in [1.165, 1.54) is 0 Å². The molecule has 0 fully saturated rings. The molecule has 140 valence electrons. The molecule has 2 N–H and O–H groups in total. The summed E-state index contributed by atoms with van der Waals surface area (Å²) in [5.41, 5.74) is -0.0791. The first-order chi connectivity index (χ1) is 11.5. The number of carbonyl (C=O) groups is 2. The molecule has 0 bridgehead atoms. The van der Waals surface area contributed by atoms with Crippen LogP contribution >= 0.6 is 0 Å². The molecular formula is C19H31N3O3. The highest BCUT2D eigenvalue weighted by Gasteiger charge is 2.31. The van der Waals surface area contributed by atoms with Crippen molar-refractivity contribution in [1.82, 2.24) is 15.6 Å². The highest BCUT2D eigenvalue weighted by Crippen LogP contribution is 2.17. The predicted molar refractivity (Wildman–Crippen MR) is 98.2 cm³/mol. The Morgan fingerprint density at radius 1 is 1.24 bits per heavy atom. The second-order valence-corrected chi connectivity index (χ2v) is 7.84. The highest BCUT2D eigenvalue weighted by molar-refractivity contribution is 5.77. The van der Waals surface area contributed by atoms with Gasteiger partial charge >= 0.3 is 6.09 Å². The molecule has 2 amide bonds. The number of ether oxygens (including phenoxy) is 1. The third kappa shape index (κ3) is 8.01. The van der Waals surface area contributed by atoms with Gasteiger partial charge < -0.3 is 15.4 Å². The van der Waals surface area contributed by atoms with E-state index in [0.29, 0.717) is 19.4 Å². The first-order valence-corrected chi connectivity index (χ1v) is 8.68. The summed E-state index contributed by atoms with van der Waals surface area (Å²) in [6.45, 7) is 11.7. The van der Waals surface area contributed by atoms with Gasteiger partial charge in [-0.05, 0) is 51.7 Å². The predicted octanol–water partition coefficient (Wildman–Crippen LogP) is 3.07. The Bertz CT molecular complexity index is 567. The van der Waals surface area contributed by atoms with Crippen LogP contribution in [0, 0.1) is 5.92 Å². The van der Waals surface area contributed by atoms with Crippen LogP contribution < -0.4 is 10.6 Å². The Morgan fingerprint density at radius 2 is 1.92 bits per heavy atom. The summed E-state index contributed by atoms with van der Waals surface area (Å²) >= 11 is 0. The van der Waals surface area contributed by atoms with Gasteiger partial charge in [0.2, 0.25) is 5.91 Å². The first-order valence-electron chi connectivity index (χ1n) is 8.68. The lowest BCUT2D eigenvalue weighted by atomic mass is 9.88. The van der Waals surface area contributed by atoms with Crippen molar-refractivity contribution < 1.29 is 14.3 Å². The van der Waals surface area contributed by atoms with Crippen molar-refractivity contribution in [2.75, 3.05) is 6.54 Å². The fraction of sp³-hybridized carbons (Fsp3) is 0.632. The minimum absolute atomic E-state index is 0.0500. The van der Waals surface area contributed by atoms with E-state index in [0.717, 1.165) is 5.56 Å². The third-order valence-electron chi connectivity index (χ3n) is 4.06. The van der Waals surface area contributed by atoms with E-state index in [9.17, 15) is 9.59 Å². The molecule has 0 aliphatic heterocycles. The zero-order valence-corrected chi connectivity index (χ0v) is 16.2. The molecule has 6 heteroatoms. The van der Waals surface area contributed by atoms with Gasteiger partial charge in [0.25, 0.3) is 0 Å². The van der Waals surface area contributed by atoms with Crippen LogP contribution in [-0.2, 0) is 16.0 Å². The van der Waals surface area contributed by atoms with E-state index in [2.05, 4.69) is 15.6 Å². The first kappa shape index (κ1) is 20.9. The Hall–Kier alpha value is -2.11. The number of nitrogens with one attached hydrogen (secondary N) is 2. The summed E-state index contributed by atoms with van der Waals surface area (Å²) in [6, 6.07) is 3.81. The number of amides is 2. The molecule has 6 nitrogen and oxygen atoms in total. The van der Waals surface area contributed by atoms with E-state index >= 15 is 0 Å². The average molecular weight is 349 g/mol. The number of nitrogens with zero attached hydrogens (tertiary/aromatic N) is 1. The smallest absolute Gasteiger partial charge is 0.407 e. The zero-order chi connectivity index (χ0) is 19.1. The molecule has 1 heterocycles. The summed E-state index contributed by atoms with van der Waals surface area (Å²) in [5.74, 6) is 0.0934. The maximum absolute atomic E-state index is 12.3. The van der Waals surface area contributed by atoms with Gasteiger partial charge in [-0.2, -0.15) is 0 Å². The maximum atomic E-state index is 12.3. The van der Waals surface area contributed by atoms with Crippen molar-refractivity contribution in [3.63, 3.8) is 0 Å². The van der Waals surface area contributed by atoms with Gasteiger partial charge in [0.15, 0.2) is 0 Å². The number of alkyl carbamates (subject to hydrolysis) is 1. The minimum atomic E-state index is -0.553. The van der Waals surface area contributed by atoms with Crippen LogP contribution in [0.1, 0.15) is 53.5 Å². The van der Waals surface area contributed by atoms with E-state index in [1.54, 1.807) is 12.4 Å². The molecule has 0 spiro atoms. The van der Waals surface area contributed by atoms with E-state index in [1.807, 2.05) is 53.7 Å². The Kier molecular flexibility index (Phi) is 7.39. The second-order valence-electron chi connectivity index (χ2n) is 7.84. The summed E-state index contributed by atoms with van der Waals surface area (Å²) in [7, 11) is 0. The zero-order valence-electron chi connectivity index (χ0n) is 16.2. The van der Waals surface area contributed by atoms with Crippen LogP contribution in [0.4, 0.5) is 4.79 Å². The Balaban J connectivity index is 2.56. The van der Waals surface area contributed by atoms with Gasteiger partial charge in [0.05, 0.1) is 5.54 Å². The van der Waals surface area contributed by atoms with E-state index in [-0.39, 0.29) is 11.8 Å². The van der Waals surface area contributed by atoms with Crippen LogP contribution in [0.5, 0.6) is 0 Å². The second kappa shape index (κ2) is 8.83. The number of carbonyl (C=O) groups excluding carboxylic acids is 2. The number of rotatable bonds is 7. The largest absolute Gasteiger partial charge is 0.444 e. The standard InChI is InChI=1S/C19H31N3O3/c1-14(2)19(6,13-21-17(24)25-18(3,4)5)22-16(23)10-9-15-8-7-11-20-12-15/h7-8,11-12,14H,9-10,13H2,1-6H3,(H,21,24)(H,22,23)/t19-/m0/s1. The molecule has 25 heavy (non-hydrogen) atoms. The van der Waals surface area contributed by atoms with Crippen LogP contribution in [0.3, 0.4) is 0 Å². The van der Waals surface area contributed by atoms with Crippen LogP contribution in [0.2, 0.25) is 0 Å². The average Bonchev–Trinajstić information content (AvgIpc) is 2.50. The summed E-state index contributed by atoms with van der Waals surface area (Å²) in [5, 5.41) is 5.81. The van der Waals surface area contributed by atoms with Crippen LogP contribution in [0.25, 0.3) is 0 Å². The van der Waals surface area contributed by atoms with Gasteiger partial charge in [-0.3, -0.25) is 9.78 Å². The lowest BCUT2D eigenvalue weighted by molar-refractivity contribution is -0.123. The number of aromatic nitrogens is 1. The minimum Gasteiger partial charge on any atom is -0.444 e. The van der Waals surface area contributed by atoms with Crippen molar-refractivity contribution in [3.05, 3.63) is 30.1 Å². The quantitative estimate of drug-likeness (QED) is 0.793. The Labute approximate surface area is 150 Å². The molecule has 0 aliphatic rings. The van der Waals surface area contributed by atoms with Gasteiger partial charge in [0.1, 0.15) is 5.60 Å². The summed E-state index contributed by atoms with van der Waals surface area (Å²) in [4.78, 5) is 28.3. The molecule has 1 aromatic rings. The third-order valence-corrected chi connectivity index (χ3v) is 4.06. The van der Waals surface area contributed by atoms with E-state index < -0.39 is 17.2 Å². The van der Waals surface area contributed by atoms with Crippen molar-refractivity contribution in [2.45, 2.75) is 65.5 Å². The van der Waals surface area contributed by atoms with Gasteiger partial charge in [-0.15, -0.1) is 0 Å². The molecule has 0 saturated carbocycles. The topological polar surface area (TPSA) is 80.3 Å². The molecule has 0 radical (unpaired) electrons. The number of hydrogen-bond acceptors (Lipinski definition) is 4. The van der Waals surface area contributed by atoms with Gasteiger partial charge in [0, 0.05) is 25.4 Å². The SMILES string of the molecule is CC(C)[C@](C)(CNC(=O)OC(C)(C)C)NC(=O)CCc1cccnc1. The lowest BCUT2D eigenvalue weighted by Crippen LogP contribution is -2.57. The fourth-order valence-electron chi connectivity index (χ4n) is 2.15. The number of aryl methyl sites for hydroxylation is 1. The molecule has 0 aromatic carbocycles. The normalized spacial score (nSPS) is 13.9. The Morgan fingerprint density at radius 3 is 2.44 bits per heavy atom. The number of hydrogen-bond donors (Lipinski definition) is 2. The highest BCUT2D eigenvalue weighted by atomic mass is 16.6. The summed E-state index contributed by atoms with van der Waals surface area (Å²) < 4.78 is 5.25. The molecule has 0 saturated heterocycles. The van der Waals surface area contributed by atoms with Crippen molar-refractivity contribution in [3.8, 4) is 0 Å². The van der Waals surface area contributed by atoms with Gasteiger partial charge in [-0.1, -0.05) is 19.9 Å². The van der Waals surface area contributed by atoms with Crippen LogP contribution in [-0.4, -0.2) is 34.7 Å². The van der Waals surface area contributed by atoms with Crippen molar-refractivity contribution in [1.29, 1.82) is 0 Å². The van der Waals surface area contributed by atoms with Crippen LogP contribution in [0.15, 0.2) is 24.5 Å². The molecule has 0 aliphatic carbocycles.